The van der Waals surface area contributed by atoms with E-state index in [1.165, 1.54) is 0 Å². The molecule has 1 aromatic heterocycles. The molecule has 0 radical (unpaired) electrons. The number of benzene rings is 1. The van der Waals surface area contributed by atoms with Gasteiger partial charge >= 0.3 is 0 Å². The van der Waals surface area contributed by atoms with E-state index in [0.717, 1.165) is 28.5 Å². The number of carbonyl (C=O) groups is 1. The summed E-state index contributed by atoms with van der Waals surface area (Å²) in [5, 5.41) is 0.904. The second kappa shape index (κ2) is 7.78. The number of fused-ring (bicyclic) bond motifs is 1. The summed E-state index contributed by atoms with van der Waals surface area (Å²) in [6.07, 6.45) is -0.692. The van der Waals surface area contributed by atoms with Gasteiger partial charge < -0.3 is 19.3 Å². The first kappa shape index (κ1) is 18.3. The molecule has 2 heterocycles. The van der Waals surface area contributed by atoms with Crippen LogP contribution in [0.1, 0.15) is 22.3 Å². The molecular weight excluding hydrogens is 386 g/mol. The van der Waals surface area contributed by atoms with Gasteiger partial charge in [0.25, 0.3) is 5.91 Å². The van der Waals surface area contributed by atoms with Crippen molar-refractivity contribution in [1.82, 2.24) is 14.8 Å². The average Bonchev–Trinajstić information content (AvgIpc) is 2.63. The molecule has 0 saturated carbocycles. The van der Waals surface area contributed by atoms with E-state index in [0.29, 0.717) is 24.3 Å². The van der Waals surface area contributed by atoms with Crippen LogP contribution in [0, 0.1) is 0 Å². The SMILES string of the molecule is COC(OC)c1nc2c(Br)cccc2cc1C(=O)N1CCN(C)CC1. The summed E-state index contributed by atoms with van der Waals surface area (Å²) in [6, 6.07) is 7.69. The Kier molecular flexibility index (Phi) is 5.68. The molecule has 0 spiro atoms. The molecule has 0 atom stereocenters. The molecule has 2 aromatic rings. The van der Waals surface area contributed by atoms with Crippen LogP contribution in [0.3, 0.4) is 0 Å². The number of amides is 1. The second-order valence-corrected chi connectivity index (χ2v) is 6.99. The number of aromatic nitrogens is 1. The lowest BCUT2D eigenvalue weighted by Gasteiger charge is -2.33. The number of halogens is 1. The van der Waals surface area contributed by atoms with Crippen molar-refractivity contribution in [3.05, 3.63) is 40.0 Å². The monoisotopic (exact) mass is 407 g/mol. The van der Waals surface area contributed by atoms with Gasteiger partial charge in [-0.3, -0.25) is 4.79 Å². The number of hydrogen-bond acceptors (Lipinski definition) is 5. The van der Waals surface area contributed by atoms with Crippen molar-refractivity contribution in [2.75, 3.05) is 47.4 Å². The van der Waals surface area contributed by atoms with Crippen molar-refractivity contribution >= 4 is 32.7 Å². The molecule has 1 fully saturated rings. The molecular formula is C18H22BrN3O3. The Morgan fingerprint density at radius 1 is 1.20 bits per heavy atom. The van der Waals surface area contributed by atoms with Crippen LogP contribution in [0.5, 0.6) is 0 Å². The average molecular weight is 408 g/mol. The predicted molar refractivity (Wildman–Crippen MR) is 99.6 cm³/mol. The molecule has 0 bridgehead atoms. The largest absolute Gasteiger partial charge is 0.350 e. The van der Waals surface area contributed by atoms with Crippen molar-refractivity contribution in [3.8, 4) is 0 Å². The molecule has 0 aliphatic carbocycles. The Labute approximate surface area is 155 Å². The summed E-state index contributed by atoms with van der Waals surface area (Å²) in [4.78, 5) is 21.9. The zero-order valence-corrected chi connectivity index (χ0v) is 16.2. The zero-order chi connectivity index (χ0) is 18.0. The summed E-state index contributed by atoms with van der Waals surface area (Å²) in [5.74, 6) is -0.0309. The molecule has 1 aliphatic heterocycles. The molecule has 1 amide bonds. The van der Waals surface area contributed by atoms with Gasteiger partial charge in [-0.1, -0.05) is 12.1 Å². The number of hydrogen-bond donors (Lipinski definition) is 0. The molecule has 1 aromatic carbocycles. The highest BCUT2D eigenvalue weighted by Gasteiger charge is 2.27. The van der Waals surface area contributed by atoms with Crippen LogP contribution < -0.4 is 0 Å². The fourth-order valence-corrected chi connectivity index (χ4v) is 3.50. The lowest BCUT2D eigenvalue weighted by atomic mass is 10.1. The smallest absolute Gasteiger partial charge is 0.256 e. The third-order valence-electron chi connectivity index (χ3n) is 4.50. The zero-order valence-electron chi connectivity index (χ0n) is 14.7. The maximum absolute atomic E-state index is 13.1. The van der Waals surface area contributed by atoms with Crippen LogP contribution in [0.15, 0.2) is 28.7 Å². The summed E-state index contributed by atoms with van der Waals surface area (Å²) >= 11 is 3.52. The summed E-state index contributed by atoms with van der Waals surface area (Å²) in [5.41, 5.74) is 1.82. The fraction of sp³-hybridized carbons (Fsp3) is 0.444. The van der Waals surface area contributed by atoms with Gasteiger partial charge in [0.2, 0.25) is 6.29 Å². The highest BCUT2D eigenvalue weighted by Crippen LogP contribution is 2.29. The molecule has 25 heavy (non-hydrogen) atoms. The highest BCUT2D eigenvalue weighted by atomic mass is 79.9. The third kappa shape index (κ3) is 3.69. The Morgan fingerprint density at radius 3 is 2.52 bits per heavy atom. The van der Waals surface area contributed by atoms with Gasteiger partial charge in [0, 0.05) is 50.3 Å². The molecule has 6 nitrogen and oxygen atoms in total. The van der Waals surface area contributed by atoms with E-state index in [1.807, 2.05) is 29.2 Å². The normalized spacial score (nSPS) is 16.0. The highest BCUT2D eigenvalue weighted by molar-refractivity contribution is 9.10. The number of rotatable bonds is 4. The standard InChI is InChI=1S/C18H22BrN3O3/c1-21-7-9-22(10-8-21)17(23)13-11-12-5-4-6-14(19)15(12)20-16(13)18(24-2)25-3/h4-6,11,18H,7-10H2,1-3H3. The van der Waals surface area contributed by atoms with Crippen molar-refractivity contribution in [2.24, 2.45) is 0 Å². The van der Waals surface area contributed by atoms with Crippen LogP contribution in [0.2, 0.25) is 0 Å². The lowest BCUT2D eigenvalue weighted by molar-refractivity contribution is -0.108. The molecule has 0 N–H and O–H groups in total. The Hall–Kier alpha value is -1.54. The van der Waals surface area contributed by atoms with Gasteiger partial charge in [-0.15, -0.1) is 0 Å². The maximum Gasteiger partial charge on any atom is 0.256 e. The number of likely N-dealkylation sites (N-methyl/N-ethyl adjacent to an activating group) is 1. The van der Waals surface area contributed by atoms with Crippen LogP contribution >= 0.6 is 15.9 Å². The number of carbonyl (C=O) groups excluding carboxylic acids is 1. The van der Waals surface area contributed by atoms with Crippen molar-refractivity contribution in [2.45, 2.75) is 6.29 Å². The van der Waals surface area contributed by atoms with Gasteiger partial charge in [-0.05, 0) is 35.1 Å². The summed E-state index contributed by atoms with van der Waals surface area (Å²) in [7, 11) is 5.16. The molecule has 7 heteroatoms. The van der Waals surface area contributed by atoms with Crippen LogP contribution in [-0.2, 0) is 9.47 Å². The minimum atomic E-state index is -0.692. The van der Waals surface area contributed by atoms with E-state index in [-0.39, 0.29) is 5.91 Å². The van der Waals surface area contributed by atoms with Gasteiger partial charge in [0.05, 0.1) is 11.1 Å². The molecule has 3 rings (SSSR count). The van der Waals surface area contributed by atoms with Crippen LogP contribution in [0.25, 0.3) is 10.9 Å². The molecule has 0 unspecified atom stereocenters. The first-order chi connectivity index (χ1) is 12.0. The van der Waals surface area contributed by atoms with Crippen molar-refractivity contribution in [3.63, 3.8) is 0 Å². The number of piperazine rings is 1. The van der Waals surface area contributed by atoms with Crippen LogP contribution in [-0.4, -0.2) is 68.1 Å². The number of pyridine rings is 1. The van der Waals surface area contributed by atoms with E-state index in [1.54, 1.807) is 14.2 Å². The Balaban J connectivity index is 2.08. The van der Waals surface area contributed by atoms with Gasteiger partial charge in [-0.2, -0.15) is 0 Å². The van der Waals surface area contributed by atoms with E-state index in [4.69, 9.17) is 14.5 Å². The summed E-state index contributed by atoms with van der Waals surface area (Å²) in [6.45, 7) is 3.14. The van der Waals surface area contributed by atoms with E-state index in [2.05, 4.69) is 27.9 Å². The van der Waals surface area contributed by atoms with Crippen LogP contribution in [0.4, 0.5) is 0 Å². The Bertz CT molecular complexity index is 771. The number of ether oxygens (including phenoxy) is 2. The van der Waals surface area contributed by atoms with E-state index < -0.39 is 6.29 Å². The van der Waals surface area contributed by atoms with E-state index in [9.17, 15) is 4.79 Å². The fourth-order valence-electron chi connectivity index (χ4n) is 3.03. The number of methoxy groups -OCH3 is 2. The Morgan fingerprint density at radius 2 is 1.88 bits per heavy atom. The first-order valence-electron chi connectivity index (χ1n) is 8.17. The quantitative estimate of drug-likeness (QED) is 0.729. The first-order valence-corrected chi connectivity index (χ1v) is 8.97. The minimum absolute atomic E-state index is 0.0309. The lowest BCUT2D eigenvalue weighted by Crippen LogP contribution is -2.47. The topological polar surface area (TPSA) is 54.9 Å². The van der Waals surface area contributed by atoms with Gasteiger partial charge in [-0.25, -0.2) is 4.98 Å². The molecule has 1 aliphatic rings. The number of nitrogens with zero attached hydrogens (tertiary/aromatic N) is 3. The van der Waals surface area contributed by atoms with Gasteiger partial charge in [0.1, 0.15) is 5.69 Å². The second-order valence-electron chi connectivity index (χ2n) is 6.13. The van der Waals surface area contributed by atoms with E-state index >= 15 is 0 Å². The third-order valence-corrected chi connectivity index (χ3v) is 5.14. The molecule has 1 saturated heterocycles. The maximum atomic E-state index is 13.1. The van der Waals surface area contributed by atoms with Crippen molar-refractivity contribution < 1.29 is 14.3 Å². The molecule has 134 valence electrons. The summed E-state index contributed by atoms with van der Waals surface area (Å²) < 4.78 is 11.7. The van der Waals surface area contributed by atoms with Gasteiger partial charge in [0.15, 0.2) is 0 Å². The predicted octanol–water partition coefficient (Wildman–Crippen LogP) is 2.68. The van der Waals surface area contributed by atoms with Crippen molar-refractivity contribution in [1.29, 1.82) is 0 Å². The minimum Gasteiger partial charge on any atom is -0.350 e. The number of para-hydroxylation sites is 1.